The van der Waals surface area contributed by atoms with Crippen molar-refractivity contribution in [2.75, 3.05) is 66.5 Å². The van der Waals surface area contributed by atoms with Gasteiger partial charge >= 0.3 is 11.9 Å². The van der Waals surface area contributed by atoms with Crippen LogP contribution in [0.1, 0.15) is 54.0 Å². The van der Waals surface area contributed by atoms with E-state index in [0.29, 0.717) is 33.2 Å². The van der Waals surface area contributed by atoms with Gasteiger partial charge in [0.1, 0.15) is 25.5 Å². The van der Waals surface area contributed by atoms with Crippen molar-refractivity contribution < 1.29 is 63.9 Å². The minimum atomic E-state index is -0.864. The Bertz CT molecular complexity index is 2560. The molecule has 0 spiro atoms. The van der Waals surface area contributed by atoms with Crippen LogP contribution in [-0.2, 0) is 48.2 Å². The molecule has 1 unspecified atom stereocenters. The molecule has 6 rings (SSSR count). The van der Waals surface area contributed by atoms with Crippen molar-refractivity contribution in [2.45, 2.75) is 45.8 Å². The highest BCUT2D eigenvalue weighted by atomic mass is 16.6. The van der Waals surface area contributed by atoms with Crippen molar-refractivity contribution in [1.82, 2.24) is 0 Å². The number of hydrogen-bond acceptors (Lipinski definition) is 16. The van der Waals surface area contributed by atoms with E-state index in [4.69, 9.17) is 33.9 Å². The fraction of sp³-hybridized carbons (Fsp3) is 0.405. The number of nitrogens with zero attached hydrogens (tertiary/aromatic N) is 1. The van der Waals surface area contributed by atoms with Crippen LogP contribution in [0.15, 0.2) is 32.3 Å². The summed E-state index contributed by atoms with van der Waals surface area (Å²) in [4.78, 5) is 58.3. The van der Waals surface area contributed by atoms with Crippen LogP contribution >= 0.6 is 0 Å². The van der Waals surface area contributed by atoms with Gasteiger partial charge < -0.3 is 54.3 Å². The zero-order chi connectivity index (χ0) is 41.8. The molecule has 1 aliphatic carbocycles. The van der Waals surface area contributed by atoms with Crippen LogP contribution in [0.3, 0.4) is 0 Å². The summed E-state index contributed by atoms with van der Waals surface area (Å²) in [6.45, 7) is 1.50. The number of phenols is 2. The second-order valence-electron chi connectivity index (χ2n) is 13.8. The standard InChI is InChI=1S/C42H45NO15/c1-20-14-25-24(4-5-28(50)57-12-10-55-8-6-44)40(52)34-26(48)15-22(18-46)31-32-23(19-47)16-27(49)35-37(32)38(33(25)36(31)34)39(42(54-3)41(35)53)30(20)21(2)43-17-29(51)58-13-11-56-9-7-45/h14-16,30,44-47,52-53H,4-13,17-19H2,1-3H3. The van der Waals surface area contributed by atoms with E-state index in [0.717, 1.165) is 0 Å². The van der Waals surface area contributed by atoms with Gasteiger partial charge in [-0.1, -0.05) is 11.6 Å². The van der Waals surface area contributed by atoms with Crippen LogP contribution in [0.5, 0.6) is 17.2 Å². The number of aromatic hydroxyl groups is 2. The van der Waals surface area contributed by atoms with Gasteiger partial charge in [-0.2, -0.15) is 0 Å². The number of allylic oxidation sites excluding steroid dienone is 1. The molecule has 1 aliphatic rings. The van der Waals surface area contributed by atoms with E-state index >= 15 is 0 Å². The number of aliphatic imine (C=N–C) groups is 1. The van der Waals surface area contributed by atoms with Crippen molar-refractivity contribution in [1.29, 1.82) is 0 Å². The lowest BCUT2D eigenvalue weighted by Crippen LogP contribution is -2.18. The van der Waals surface area contributed by atoms with Crippen molar-refractivity contribution >= 4 is 66.8 Å². The van der Waals surface area contributed by atoms with Gasteiger partial charge in [-0.3, -0.25) is 24.2 Å². The minimum absolute atomic E-state index is 0.0534. The number of phenolic OH excluding ortho intramolecular Hbond substituents is 2. The van der Waals surface area contributed by atoms with E-state index < -0.39 is 60.0 Å². The van der Waals surface area contributed by atoms with Crippen LogP contribution < -0.4 is 15.6 Å². The molecule has 0 amide bonds. The van der Waals surface area contributed by atoms with Crippen LogP contribution in [0.2, 0.25) is 0 Å². The molecule has 0 radical (unpaired) electrons. The number of carbonyl (C=O) groups excluding carboxylic acids is 2. The van der Waals surface area contributed by atoms with Gasteiger partial charge in [0.25, 0.3) is 0 Å². The molecule has 16 heteroatoms. The van der Waals surface area contributed by atoms with Gasteiger partial charge in [-0.15, -0.1) is 0 Å². The van der Waals surface area contributed by atoms with Crippen LogP contribution in [0.4, 0.5) is 0 Å². The molecule has 0 fully saturated rings. The first-order valence-corrected chi connectivity index (χ1v) is 18.7. The molecule has 5 aromatic rings. The summed E-state index contributed by atoms with van der Waals surface area (Å²) < 4.78 is 26.8. The molecule has 0 aliphatic heterocycles. The summed E-state index contributed by atoms with van der Waals surface area (Å²) in [6.07, 6.45) is 1.40. The Hall–Kier alpha value is -5.49. The molecule has 0 aromatic heterocycles. The maximum Gasteiger partial charge on any atom is 0.327 e. The molecule has 0 bridgehead atoms. The maximum absolute atomic E-state index is 14.0. The highest BCUT2D eigenvalue weighted by molar-refractivity contribution is 6.38. The number of aliphatic hydroxyl groups is 4. The molecule has 0 saturated carbocycles. The predicted molar refractivity (Wildman–Crippen MR) is 214 cm³/mol. The molecule has 16 nitrogen and oxygen atoms in total. The second-order valence-corrected chi connectivity index (χ2v) is 13.8. The summed E-state index contributed by atoms with van der Waals surface area (Å²) in [5.41, 5.74) is 0.835. The summed E-state index contributed by atoms with van der Waals surface area (Å²) in [6, 6.07) is 2.35. The Morgan fingerprint density at radius 1 is 0.707 bits per heavy atom. The Kier molecular flexibility index (Phi) is 13.1. The molecule has 308 valence electrons. The monoisotopic (exact) mass is 803 g/mol. The number of rotatable bonds is 19. The normalized spacial score (nSPS) is 14.2. The van der Waals surface area contributed by atoms with Gasteiger partial charge in [-0.25, -0.2) is 0 Å². The third kappa shape index (κ3) is 7.50. The first-order chi connectivity index (χ1) is 27.9. The molecule has 5 aromatic carbocycles. The first kappa shape index (κ1) is 42.1. The van der Waals surface area contributed by atoms with E-state index in [2.05, 4.69) is 4.99 Å². The average Bonchev–Trinajstić information content (AvgIpc) is 3.33. The van der Waals surface area contributed by atoms with Gasteiger partial charge in [0.2, 0.25) is 0 Å². The number of benzene rings is 5. The lowest BCUT2D eigenvalue weighted by molar-refractivity contribution is -0.145. The molecule has 6 N–H and O–H groups in total. The van der Waals surface area contributed by atoms with Crippen molar-refractivity contribution in [2.24, 2.45) is 4.99 Å². The van der Waals surface area contributed by atoms with Crippen molar-refractivity contribution in [3.05, 3.63) is 66.0 Å². The summed E-state index contributed by atoms with van der Waals surface area (Å²) in [5, 5.41) is 64.7. The first-order valence-electron chi connectivity index (χ1n) is 18.7. The highest BCUT2D eigenvalue weighted by Crippen LogP contribution is 2.56. The third-order valence-electron chi connectivity index (χ3n) is 10.4. The quantitative estimate of drug-likeness (QED) is 0.0231. The Balaban J connectivity index is 1.69. The predicted octanol–water partition coefficient (Wildman–Crippen LogP) is 2.30. The van der Waals surface area contributed by atoms with E-state index in [1.165, 1.54) is 19.2 Å². The second kappa shape index (κ2) is 18.0. The highest BCUT2D eigenvalue weighted by Gasteiger charge is 2.36. The van der Waals surface area contributed by atoms with Crippen LogP contribution in [0, 0.1) is 0 Å². The zero-order valence-electron chi connectivity index (χ0n) is 32.3. The van der Waals surface area contributed by atoms with E-state index in [1.54, 1.807) is 19.9 Å². The van der Waals surface area contributed by atoms with Gasteiger partial charge in [0.15, 0.2) is 22.4 Å². The molecule has 0 saturated heterocycles. The number of carbonyl (C=O) groups is 2. The van der Waals surface area contributed by atoms with Crippen molar-refractivity contribution in [3.8, 4) is 17.2 Å². The Labute approximate surface area is 330 Å². The fourth-order valence-electron chi connectivity index (χ4n) is 8.14. The molecular formula is C42H45NO15. The zero-order valence-corrected chi connectivity index (χ0v) is 32.3. The summed E-state index contributed by atoms with van der Waals surface area (Å²) in [5.74, 6) is -3.17. The molecule has 1 atom stereocenters. The van der Waals surface area contributed by atoms with Gasteiger partial charge in [0.05, 0.1) is 70.7 Å². The summed E-state index contributed by atoms with van der Waals surface area (Å²) in [7, 11) is 1.32. The third-order valence-corrected chi connectivity index (χ3v) is 10.4. The van der Waals surface area contributed by atoms with Gasteiger partial charge in [-0.05, 0) is 70.6 Å². The number of esters is 2. The SMILES string of the molecule is COc1c(O)c2c(=O)cc(CO)c3c4c(CO)cc(=O)c5c(O)c(CCC(=O)OCCOCCO)c6c(c(c1C(C(C)=NCC(=O)OCCOCCO)C(C)=C6)c23)c54. The average molecular weight is 804 g/mol. The number of methoxy groups -OCH3 is 1. The Morgan fingerprint density at radius 2 is 1.26 bits per heavy atom. The largest absolute Gasteiger partial charge is 0.507 e. The fourth-order valence-corrected chi connectivity index (χ4v) is 8.14. The van der Waals surface area contributed by atoms with Gasteiger partial charge in [0, 0.05) is 39.9 Å². The van der Waals surface area contributed by atoms with E-state index in [1.807, 2.05) is 0 Å². The topological polar surface area (TPSA) is 248 Å². The lowest BCUT2D eigenvalue weighted by atomic mass is 9.78. The number of fused-ring (bicyclic) bond motifs is 1. The number of hydrogen-bond donors (Lipinski definition) is 6. The van der Waals surface area contributed by atoms with E-state index in [-0.39, 0.29) is 120 Å². The Morgan fingerprint density at radius 3 is 1.81 bits per heavy atom. The van der Waals surface area contributed by atoms with E-state index in [9.17, 15) is 39.6 Å². The molecule has 0 heterocycles. The van der Waals surface area contributed by atoms with Crippen LogP contribution in [0.25, 0.3) is 49.2 Å². The molecule has 58 heavy (non-hydrogen) atoms. The minimum Gasteiger partial charge on any atom is -0.507 e. The van der Waals surface area contributed by atoms with Crippen molar-refractivity contribution in [3.63, 3.8) is 0 Å². The maximum atomic E-state index is 14.0. The summed E-state index contributed by atoms with van der Waals surface area (Å²) >= 11 is 0. The molecular weight excluding hydrogens is 758 g/mol. The lowest BCUT2D eigenvalue weighted by Gasteiger charge is -2.26. The van der Waals surface area contributed by atoms with Crippen LogP contribution in [-0.4, -0.2) is 115 Å². The number of aliphatic hydroxyl groups excluding tert-OH is 4. The smallest absolute Gasteiger partial charge is 0.327 e. The number of ether oxygens (including phenoxy) is 5.